The molecule has 0 radical (unpaired) electrons. The summed E-state index contributed by atoms with van der Waals surface area (Å²) in [6.07, 6.45) is 3.68. The second-order valence-corrected chi connectivity index (χ2v) is 4.16. The molecule has 0 bridgehead atoms. The molecule has 1 aromatic rings. The molecule has 0 aliphatic rings. The number of rotatable bonds is 4. The molecular formula is C14H16FNO2. The Balaban J connectivity index is 3.02. The maximum atomic E-state index is 13.6. The molecule has 4 heteroatoms. The second-order valence-electron chi connectivity index (χ2n) is 4.16. The molecule has 1 N–H and O–H groups in total. The summed E-state index contributed by atoms with van der Waals surface area (Å²) in [5.74, 6) is -0.594. The molecule has 0 heterocycles. The molecule has 0 unspecified atom stereocenters. The van der Waals surface area contributed by atoms with E-state index in [0.717, 1.165) is 0 Å². The number of hydrogen-bond acceptors (Lipinski definition) is 2. The number of amides is 1. The molecular weight excluding hydrogens is 233 g/mol. The van der Waals surface area contributed by atoms with Crippen LogP contribution in [0.2, 0.25) is 0 Å². The maximum Gasteiger partial charge on any atom is 0.221 e. The molecule has 0 fully saturated rings. The lowest BCUT2D eigenvalue weighted by molar-refractivity contribution is -0.116. The van der Waals surface area contributed by atoms with Crippen LogP contribution in [0.25, 0.3) is 6.08 Å². The third-order valence-electron chi connectivity index (χ3n) is 2.41. The molecule has 0 saturated heterocycles. The fourth-order valence-electron chi connectivity index (χ4n) is 1.50. The average Bonchev–Trinajstić information content (AvgIpc) is 2.23. The predicted molar refractivity (Wildman–Crippen MR) is 69.8 cm³/mol. The van der Waals surface area contributed by atoms with E-state index in [9.17, 15) is 14.0 Å². The third-order valence-corrected chi connectivity index (χ3v) is 2.41. The number of hydrogen-bond donors (Lipinski definition) is 1. The summed E-state index contributed by atoms with van der Waals surface area (Å²) in [5, 5.41) is 2.53. The molecule has 3 nitrogen and oxygen atoms in total. The summed E-state index contributed by atoms with van der Waals surface area (Å²) in [7, 11) is 0. The Morgan fingerprint density at radius 3 is 2.56 bits per heavy atom. The van der Waals surface area contributed by atoms with Crippen LogP contribution in [0.5, 0.6) is 0 Å². The average molecular weight is 249 g/mol. The first-order valence-electron chi connectivity index (χ1n) is 5.64. The third kappa shape index (κ3) is 4.13. The van der Waals surface area contributed by atoms with Gasteiger partial charge in [-0.25, -0.2) is 4.39 Å². The van der Waals surface area contributed by atoms with E-state index < -0.39 is 0 Å². The van der Waals surface area contributed by atoms with Crippen molar-refractivity contribution in [2.75, 3.05) is 5.32 Å². The van der Waals surface area contributed by atoms with Gasteiger partial charge in [-0.1, -0.05) is 12.2 Å². The van der Waals surface area contributed by atoms with Crippen molar-refractivity contribution in [2.45, 2.75) is 27.2 Å². The van der Waals surface area contributed by atoms with Gasteiger partial charge in [-0.15, -0.1) is 0 Å². The van der Waals surface area contributed by atoms with E-state index in [1.54, 1.807) is 25.1 Å². The highest BCUT2D eigenvalue weighted by atomic mass is 19.1. The number of carbonyl (C=O) groups excluding carboxylic acids is 2. The van der Waals surface area contributed by atoms with Gasteiger partial charge in [0.05, 0.1) is 0 Å². The van der Waals surface area contributed by atoms with Crippen LogP contribution in [0.4, 0.5) is 10.1 Å². The summed E-state index contributed by atoms with van der Waals surface area (Å²) < 4.78 is 13.6. The number of Topliss-reactive ketones (excluding diaryl/α,β-unsaturated/α-hetero) is 1. The van der Waals surface area contributed by atoms with Crippen LogP contribution in [0, 0.1) is 12.7 Å². The standard InChI is InChI=1S/C14H16FNO2/c1-9(17)5-4-6-12-7-13(16-11(3)18)8-14(15)10(12)2/h4,6-8H,5H2,1-3H3,(H,16,18)/b6-4-. The Morgan fingerprint density at radius 1 is 1.33 bits per heavy atom. The topological polar surface area (TPSA) is 46.2 Å². The van der Waals surface area contributed by atoms with Crippen molar-refractivity contribution in [3.05, 3.63) is 35.2 Å². The van der Waals surface area contributed by atoms with Crippen molar-refractivity contribution in [1.82, 2.24) is 0 Å². The number of halogens is 1. The highest BCUT2D eigenvalue weighted by Crippen LogP contribution is 2.20. The fourth-order valence-corrected chi connectivity index (χ4v) is 1.50. The molecule has 1 rings (SSSR count). The fraction of sp³-hybridized carbons (Fsp3) is 0.286. The molecule has 0 aromatic heterocycles. The van der Waals surface area contributed by atoms with Gasteiger partial charge in [-0.2, -0.15) is 0 Å². The van der Waals surface area contributed by atoms with Crippen LogP contribution in [-0.4, -0.2) is 11.7 Å². The van der Waals surface area contributed by atoms with Gasteiger partial charge in [0, 0.05) is 19.0 Å². The Morgan fingerprint density at radius 2 is 2.00 bits per heavy atom. The first-order valence-corrected chi connectivity index (χ1v) is 5.64. The summed E-state index contributed by atoms with van der Waals surface area (Å²) in [4.78, 5) is 21.7. The number of ketones is 1. The van der Waals surface area contributed by atoms with Crippen molar-refractivity contribution >= 4 is 23.5 Å². The van der Waals surface area contributed by atoms with E-state index in [4.69, 9.17) is 0 Å². The van der Waals surface area contributed by atoms with Crippen LogP contribution < -0.4 is 5.32 Å². The summed E-state index contributed by atoms with van der Waals surface area (Å²) >= 11 is 0. The lowest BCUT2D eigenvalue weighted by Crippen LogP contribution is -2.06. The van der Waals surface area contributed by atoms with Gasteiger partial charge in [0.2, 0.25) is 5.91 Å². The number of anilines is 1. The Bertz CT molecular complexity index is 507. The molecule has 0 aliphatic heterocycles. The Labute approximate surface area is 106 Å². The first kappa shape index (κ1) is 14.1. The second kappa shape index (κ2) is 6.10. The highest BCUT2D eigenvalue weighted by molar-refractivity contribution is 5.89. The van der Waals surface area contributed by atoms with E-state index in [1.165, 1.54) is 19.9 Å². The smallest absolute Gasteiger partial charge is 0.221 e. The largest absolute Gasteiger partial charge is 0.326 e. The Kier molecular flexibility index (Phi) is 4.77. The van der Waals surface area contributed by atoms with Gasteiger partial charge in [-0.05, 0) is 37.1 Å². The zero-order chi connectivity index (χ0) is 13.7. The van der Waals surface area contributed by atoms with Crippen molar-refractivity contribution < 1.29 is 14.0 Å². The minimum absolute atomic E-state index is 0.0439. The van der Waals surface area contributed by atoms with E-state index in [-0.39, 0.29) is 17.5 Å². The number of benzene rings is 1. The molecule has 0 aliphatic carbocycles. The summed E-state index contributed by atoms with van der Waals surface area (Å²) in [6.45, 7) is 4.51. The number of carbonyl (C=O) groups is 2. The van der Waals surface area contributed by atoms with Crippen LogP contribution in [-0.2, 0) is 9.59 Å². The molecule has 18 heavy (non-hydrogen) atoms. The van der Waals surface area contributed by atoms with E-state index >= 15 is 0 Å². The van der Waals surface area contributed by atoms with E-state index in [1.807, 2.05) is 0 Å². The van der Waals surface area contributed by atoms with Gasteiger partial charge >= 0.3 is 0 Å². The molecule has 0 saturated carbocycles. The highest BCUT2D eigenvalue weighted by Gasteiger charge is 2.06. The van der Waals surface area contributed by atoms with Gasteiger partial charge in [-0.3, -0.25) is 9.59 Å². The van der Waals surface area contributed by atoms with Crippen LogP contribution in [0.1, 0.15) is 31.4 Å². The van der Waals surface area contributed by atoms with Gasteiger partial charge in [0.25, 0.3) is 0 Å². The number of allylic oxidation sites excluding steroid dienone is 1. The maximum absolute atomic E-state index is 13.6. The number of nitrogens with one attached hydrogen (secondary N) is 1. The normalized spacial score (nSPS) is 10.7. The zero-order valence-electron chi connectivity index (χ0n) is 10.7. The van der Waals surface area contributed by atoms with Crippen LogP contribution in [0.3, 0.4) is 0 Å². The summed E-state index contributed by atoms with van der Waals surface area (Å²) in [6, 6.07) is 2.95. The van der Waals surface area contributed by atoms with Crippen molar-refractivity contribution in [3.63, 3.8) is 0 Å². The molecule has 0 atom stereocenters. The molecule has 1 amide bonds. The van der Waals surface area contributed by atoms with Crippen molar-refractivity contribution in [1.29, 1.82) is 0 Å². The molecule has 96 valence electrons. The zero-order valence-corrected chi connectivity index (χ0v) is 10.7. The minimum Gasteiger partial charge on any atom is -0.326 e. The predicted octanol–water partition coefficient (Wildman–Crippen LogP) is 3.08. The van der Waals surface area contributed by atoms with Crippen molar-refractivity contribution in [2.24, 2.45) is 0 Å². The van der Waals surface area contributed by atoms with Crippen LogP contribution in [0.15, 0.2) is 18.2 Å². The lowest BCUT2D eigenvalue weighted by Gasteiger charge is -2.07. The molecule has 1 aromatic carbocycles. The summed E-state index contributed by atoms with van der Waals surface area (Å²) in [5.41, 5.74) is 1.55. The molecule has 0 spiro atoms. The van der Waals surface area contributed by atoms with E-state index in [0.29, 0.717) is 23.2 Å². The minimum atomic E-state index is -0.385. The Hall–Kier alpha value is -1.97. The lowest BCUT2D eigenvalue weighted by atomic mass is 10.1. The van der Waals surface area contributed by atoms with Gasteiger partial charge in [0.1, 0.15) is 11.6 Å². The SMILES string of the molecule is CC(=O)C/C=C\c1cc(NC(C)=O)cc(F)c1C. The van der Waals surface area contributed by atoms with Gasteiger partial charge < -0.3 is 5.32 Å². The quantitative estimate of drug-likeness (QED) is 0.891. The first-order chi connectivity index (χ1) is 8.40. The van der Waals surface area contributed by atoms with E-state index in [2.05, 4.69) is 5.32 Å². The van der Waals surface area contributed by atoms with Crippen LogP contribution >= 0.6 is 0 Å². The monoisotopic (exact) mass is 249 g/mol. The van der Waals surface area contributed by atoms with Gasteiger partial charge in [0.15, 0.2) is 0 Å². The van der Waals surface area contributed by atoms with Crippen molar-refractivity contribution in [3.8, 4) is 0 Å².